The van der Waals surface area contributed by atoms with Gasteiger partial charge in [-0.1, -0.05) is 67.6 Å². The van der Waals surface area contributed by atoms with E-state index >= 15 is 0 Å². The standard InChI is InChI=1S/C28H35NO2/c1-4-28(2,3)29-20-11-21-31-26-19-18-23-15-8-9-16-24(23)27(26)25(30)17-10-14-22-12-6-5-7-13-22/h5-9,12-13,15-16,18-19,29H,4,10-11,14,17,20-21H2,1-3H3. The van der Waals surface area contributed by atoms with Crippen molar-refractivity contribution in [2.45, 2.75) is 58.4 Å². The number of carbonyl (C=O) groups excluding carboxylic acids is 1. The average molecular weight is 418 g/mol. The topological polar surface area (TPSA) is 38.3 Å². The third kappa shape index (κ3) is 6.67. The van der Waals surface area contributed by atoms with Crippen LogP contribution in [0, 0.1) is 0 Å². The molecule has 3 aromatic carbocycles. The number of ether oxygens (including phenoxy) is 1. The molecule has 3 aromatic rings. The molecule has 0 aliphatic rings. The Hall–Kier alpha value is -2.65. The summed E-state index contributed by atoms with van der Waals surface area (Å²) in [5, 5.41) is 5.62. The summed E-state index contributed by atoms with van der Waals surface area (Å²) < 4.78 is 6.12. The van der Waals surface area contributed by atoms with Gasteiger partial charge < -0.3 is 10.1 Å². The molecule has 3 rings (SSSR count). The summed E-state index contributed by atoms with van der Waals surface area (Å²) in [5.41, 5.74) is 2.14. The van der Waals surface area contributed by atoms with Crippen LogP contribution >= 0.6 is 0 Å². The quantitative estimate of drug-likeness (QED) is 0.267. The molecule has 0 aliphatic carbocycles. The Morgan fingerprint density at radius 2 is 1.68 bits per heavy atom. The maximum absolute atomic E-state index is 13.2. The molecule has 0 saturated carbocycles. The van der Waals surface area contributed by atoms with E-state index in [0.717, 1.165) is 48.6 Å². The van der Waals surface area contributed by atoms with Gasteiger partial charge in [-0.15, -0.1) is 0 Å². The van der Waals surface area contributed by atoms with Gasteiger partial charge in [-0.3, -0.25) is 4.79 Å². The van der Waals surface area contributed by atoms with Crippen LogP contribution in [0.25, 0.3) is 10.8 Å². The van der Waals surface area contributed by atoms with Crippen LogP contribution in [0.5, 0.6) is 5.75 Å². The number of ketones is 1. The summed E-state index contributed by atoms with van der Waals surface area (Å²) in [4.78, 5) is 13.2. The average Bonchev–Trinajstić information content (AvgIpc) is 2.79. The summed E-state index contributed by atoms with van der Waals surface area (Å²) >= 11 is 0. The molecular weight excluding hydrogens is 382 g/mol. The number of aryl methyl sites for hydroxylation is 1. The minimum absolute atomic E-state index is 0.142. The molecule has 3 heteroatoms. The minimum Gasteiger partial charge on any atom is -0.493 e. The first-order valence-electron chi connectivity index (χ1n) is 11.5. The fourth-order valence-corrected chi connectivity index (χ4v) is 3.69. The van der Waals surface area contributed by atoms with Gasteiger partial charge >= 0.3 is 0 Å². The predicted octanol–water partition coefficient (Wildman–Crippen LogP) is 6.59. The molecule has 0 bridgehead atoms. The molecule has 0 saturated heterocycles. The minimum atomic E-state index is 0.142. The molecule has 31 heavy (non-hydrogen) atoms. The van der Waals surface area contributed by atoms with Gasteiger partial charge in [0.05, 0.1) is 12.2 Å². The van der Waals surface area contributed by atoms with Gasteiger partial charge in [0.1, 0.15) is 5.75 Å². The largest absolute Gasteiger partial charge is 0.493 e. The number of fused-ring (bicyclic) bond motifs is 1. The van der Waals surface area contributed by atoms with Crippen LogP contribution in [0.3, 0.4) is 0 Å². The van der Waals surface area contributed by atoms with Crippen molar-refractivity contribution in [2.75, 3.05) is 13.2 Å². The summed E-state index contributed by atoms with van der Waals surface area (Å²) in [5.74, 6) is 0.867. The van der Waals surface area contributed by atoms with E-state index < -0.39 is 0 Å². The third-order valence-electron chi connectivity index (χ3n) is 5.95. The first-order chi connectivity index (χ1) is 15.0. The van der Waals surface area contributed by atoms with Gasteiger partial charge in [0.2, 0.25) is 0 Å². The molecule has 164 valence electrons. The Morgan fingerprint density at radius 3 is 2.45 bits per heavy atom. The molecule has 0 fully saturated rings. The second kappa shape index (κ2) is 11.1. The monoisotopic (exact) mass is 417 g/mol. The van der Waals surface area contributed by atoms with Gasteiger partial charge in [0.25, 0.3) is 0 Å². The molecule has 0 aromatic heterocycles. The number of Topliss-reactive ketones (excluding diaryl/α,β-unsaturated/α-hetero) is 1. The molecule has 3 nitrogen and oxygen atoms in total. The van der Waals surface area contributed by atoms with Crippen LogP contribution < -0.4 is 10.1 Å². The fourth-order valence-electron chi connectivity index (χ4n) is 3.69. The summed E-state index contributed by atoms with van der Waals surface area (Å²) in [6.45, 7) is 8.10. The first kappa shape index (κ1) is 23.0. The number of nitrogens with one attached hydrogen (secondary N) is 1. The smallest absolute Gasteiger partial charge is 0.167 e. The second-order valence-corrected chi connectivity index (χ2v) is 8.79. The molecule has 1 N–H and O–H groups in total. The highest BCUT2D eigenvalue weighted by molar-refractivity contribution is 6.10. The maximum Gasteiger partial charge on any atom is 0.167 e. The van der Waals surface area contributed by atoms with Crippen LogP contribution in [0.2, 0.25) is 0 Å². The van der Waals surface area contributed by atoms with Crippen LogP contribution in [-0.2, 0) is 6.42 Å². The lowest BCUT2D eigenvalue weighted by Gasteiger charge is -2.24. The third-order valence-corrected chi connectivity index (χ3v) is 5.95. The molecule has 0 amide bonds. The lowest BCUT2D eigenvalue weighted by atomic mass is 9.96. The summed E-state index contributed by atoms with van der Waals surface area (Å²) in [7, 11) is 0. The van der Waals surface area contributed by atoms with E-state index in [4.69, 9.17) is 4.74 Å². The van der Waals surface area contributed by atoms with Crippen molar-refractivity contribution in [1.82, 2.24) is 5.32 Å². The van der Waals surface area contributed by atoms with E-state index in [2.05, 4.69) is 44.3 Å². The molecule has 0 radical (unpaired) electrons. The SMILES string of the molecule is CCC(C)(C)NCCCOc1ccc2ccccc2c1C(=O)CCCc1ccccc1. The van der Waals surface area contributed by atoms with Gasteiger partial charge in [0, 0.05) is 12.0 Å². The van der Waals surface area contributed by atoms with Gasteiger partial charge in [-0.05, 0) is 68.5 Å². The van der Waals surface area contributed by atoms with Crippen molar-refractivity contribution in [3.8, 4) is 5.75 Å². The van der Waals surface area contributed by atoms with E-state index in [1.807, 2.05) is 48.5 Å². The van der Waals surface area contributed by atoms with E-state index in [-0.39, 0.29) is 11.3 Å². The number of benzene rings is 3. The molecule has 0 heterocycles. The highest BCUT2D eigenvalue weighted by Crippen LogP contribution is 2.30. The number of hydrogen-bond acceptors (Lipinski definition) is 3. The normalized spacial score (nSPS) is 11.6. The zero-order valence-corrected chi connectivity index (χ0v) is 19.1. The Balaban J connectivity index is 1.66. The maximum atomic E-state index is 13.2. The Kier molecular flexibility index (Phi) is 8.25. The van der Waals surface area contributed by atoms with Crippen molar-refractivity contribution in [2.24, 2.45) is 0 Å². The highest BCUT2D eigenvalue weighted by atomic mass is 16.5. The summed E-state index contributed by atoms with van der Waals surface area (Å²) in [6, 6.07) is 22.4. The predicted molar refractivity (Wildman–Crippen MR) is 130 cm³/mol. The highest BCUT2D eigenvalue weighted by Gasteiger charge is 2.17. The first-order valence-corrected chi connectivity index (χ1v) is 11.5. The van der Waals surface area contributed by atoms with Gasteiger partial charge in [-0.2, -0.15) is 0 Å². The summed E-state index contributed by atoms with van der Waals surface area (Å²) in [6.07, 6.45) is 4.25. The van der Waals surface area contributed by atoms with Crippen molar-refractivity contribution >= 4 is 16.6 Å². The van der Waals surface area contributed by atoms with Crippen molar-refractivity contribution < 1.29 is 9.53 Å². The molecule has 0 atom stereocenters. The van der Waals surface area contributed by atoms with Gasteiger partial charge in [-0.25, -0.2) is 0 Å². The van der Waals surface area contributed by atoms with Crippen molar-refractivity contribution in [3.05, 3.63) is 77.9 Å². The Bertz CT molecular complexity index is 979. The van der Waals surface area contributed by atoms with Crippen LogP contribution in [0.4, 0.5) is 0 Å². The second-order valence-electron chi connectivity index (χ2n) is 8.79. The van der Waals surface area contributed by atoms with E-state index in [1.54, 1.807) is 0 Å². The molecule has 0 unspecified atom stereocenters. The lowest BCUT2D eigenvalue weighted by Crippen LogP contribution is -2.39. The zero-order valence-electron chi connectivity index (χ0n) is 19.1. The molecule has 0 spiro atoms. The number of rotatable bonds is 12. The molecular formula is C28H35NO2. The van der Waals surface area contributed by atoms with Crippen molar-refractivity contribution in [3.63, 3.8) is 0 Å². The zero-order chi connectivity index (χ0) is 22.1. The Labute approximate surface area is 186 Å². The Morgan fingerprint density at radius 1 is 0.935 bits per heavy atom. The lowest BCUT2D eigenvalue weighted by molar-refractivity contribution is 0.0978. The van der Waals surface area contributed by atoms with E-state index in [9.17, 15) is 4.79 Å². The molecule has 0 aliphatic heterocycles. The van der Waals surface area contributed by atoms with Crippen molar-refractivity contribution in [1.29, 1.82) is 0 Å². The van der Waals surface area contributed by atoms with Crippen LogP contribution in [0.1, 0.15) is 62.4 Å². The van der Waals surface area contributed by atoms with E-state index in [0.29, 0.717) is 18.8 Å². The number of hydrogen-bond donors (Lipinski definition) is 1. The number of carbonyl (C=O) groups is 1. The fraction of sp³-hybridized carbons (Fsp3) is 0.393. The van der Waals surface area contributed by atoms with E-state index in [1.165, 1.54) is 5.56 Å². The van der Waals surface area contributed by atoms with Gasteiger partial charge in [0.15, 0.2) is 5.78 Å². The van der Waals surface area contributed by atoms with Crippen LogP contribution in [-0.4, -0.2) is 24.5 Å². The van der Waals surface area contributed by atoms with Crippen LogP contribution in [0.15, 0.2) is 66.7 Å².